The van der Waals surface area contributed by atoms with Gasteiger partial charge in [0, 0.05) is 0 Å². The SMILES string of the molecule is C[C@@H]1OC=C[C@@H](O)[C@H]1O[Si](C)(C)C(C)(C)C. The van der Waals surface area contributed by atoms with Crippen LogP contribution in [-0.4, -0.2) is 31.7 Å². The van der Waals surface area contributed by atoms with E-state index in [1.807, 2.05) is 6.92 Å². The van der Waals surface area contributed by atoms with Gasteiger partial charge in [-0.25, -0.2) is 0 Å². The van der Waals surface area contributed by atoms with Crippen LogP contribution in [-0.2, 0) is 9.16 Å². The van der Waals surface area contributed by atoms with Crippen LogP contribution in [0.4, 0.5) is 0 Å². The third-order valence-electron chi connectivity index (χ3n) is 3.61. The highest BCUT2D eigenvalue weighted by Crippen LogP contribution is 2.38. The van der Waals surface area contributed by atoms with Gasteiger partial charge in [0.15, 0.2) is 8.32 Å². The minimum atomic E-state index is -1.85. The van der Waals surface area contributed by atoms with Crippen molar-refractivity contribution in [2.75, 3.05) is 0 Å². The smallest absolute Gasteiger partial charge is 0.192 e. The molecular weight excluding hydrogens is 220 g/mol. The van der Waals surface area contributed by atoms with Crippen LogP contribution in [0.25, 0.3) is 0 Å². The quantitative estimate of drug-likeness (QED) is 0.759. The first kappa shape index (κ1) is 13.7. The standard InChI is InChI=1S/C12H24O3Si/c1-9-11(10(13)7-8-14-9)15-16(5,6)12(2,3)4/h7-11,13H,1-6H3/t9-,10+,11-/m0/s1. The molecular formula is C12H24O3Si. The van der Waals surface area contributed by atoms with Crippen LogP contribution in [0.5, 0.6) is 0 Å². The van der Waals surface area contributed by atoms with Crippen molar-refractivity contribution in [2.45, 2.75) is 64.1 Å². The number of hydrogen-bond acceptors (Lipinski definition) is 3. The highest BCUT2D eigenvalue weighted by Gasteiger charge is 2.42. The molecule has 0 aromatic carbocycles. The second-order valence-electron chi connectivity index (χ2n) is 6.00. The molecule has 0 unspecified atom stereocenters. The van der Waals surface area contributed by atoms with Gasteiger partial charge in [0.1, 0.15) is 18.3 Å². The van der Waals surface area contributed by atoms with E-state index in [0.29, 0.717) is 0 Å². The summed E-state index contributed by atoms with van der Waals surface area (Å²) in [6, 6.07) is 0. The molecule has 94 valence electrons. The van der Waals surface area contributed by atoms with Gasteiger partial charge in [-0.05, 0) is 31.1 Å². The van der Waals surface area contributed by atoms with Crippen molar-refractivity contribution in [3.05, 3.63) is 12.3 Å². The van der Waals surface area contributed by atoms with Gasteiger partial charge in [-0.2, -0.15) is 0 Å². The van der Waals surface area contributed by atoms with Gasteiger partial charge >= 0.3 is 0 Å². The maximum absolute atomic E-state index is 9.90. The molecule has 0 spiro atoms. The predicted molar refractivity (Wildman–Crippen MR) is 67.8 cm³/mol. The first-order valence-electron chi connectivity index (χ1n) is 5.83. The maximum Gasteiger partial charge on any atom is 0.192 e. The Morgan fingerprint density at radius 1 is 1.31 bits per heavy atom. The van der Waals surface area contributed by atoms with E-state index in [9.17, 15) is 5.11 Å². The van der Waals surface area contributed by atoms with Crippen molar-refractivity contribution in [3.8, 4) is 0 Å². The Bertz CT molecular complexity index is 268. The molecule has 0 aromatic heterocycles. The first-order chi connectivity index (χ1) is 7.15. The van der Waals surface area contributed by atoms with Crippen molar-refractivity contribution in [3.63, 3.8) is 0 Å². The molecule has 1 aliphatic rings. The molecule has 0 amide bonds. The lowest BCUT2D eigenvalue weighted by atomic mass is 10.1. The van der Waals surface area contributed by atoms with E-state index in [1.54, 1.807) is 12.3 Å². The van der Waals surface area contributed by atoms with Gasteiger partial charge in [0.05, 0.1) is 6.26 Å². The van der Waals surface area contributed by atoms with Gasteiger partial charge in [-0.15, -0.1) is 0 Å². The molecule has 0 saturated heterocycles. The third kappa shape index (κ3) is 2.87. The Hall–Kier alpha value is -0.323. The van der Waals surface area contributed by atoms with Gasteiger partial charge in [-0.1, -0.05) is 20.8 Å². The normalized spacial score (nSPS) is 31.3. The number of aliphatic hydroxyl groups excluding tert-OH is 1. The van der Waals surface area contributed by atoms with Crippen LogP contribution in [0.3, 0.4) is 0 Å². The molecule has 0 aromatic rings. The van der Waals surface area contributed by atoms with Crippen LogP contribution in [0.1, 0.15) is 27.7 Å². The van der Waals surface area contributed by atoms with E-state index >= 15 is 0 Å². The Labute approximate surface area is 99.6 Å². The van der Waals surface area contributed by atoms with E-state index in [4.69, 9.17) is 9.16 Å². The van der Waals surface area contributed by atoms with Crippen LogP contribution >= 0.6 is 0 Å². The minimum absolute atomic E-state index is 0.0888. The molecule has 1 aliphatic heterocycles. The van der Waals surface area contributed by atoms with Crippen molar-refractivity contribution in [1.82, 2.24) is 0 Å². The average Bonchev–Trinajstić information content (AvgIpc) is 2.10. The van der Waals surface area contributed by atoms with E-state index in [1.165, 1.54) is 0 Å². The van der Waals surface area contributed by atoms with Crippen LogP contribution < -0.4 is 0 Å². The summed E-state index contributed by atoms with van der Waals surface area (Å²) in [7, 11) is -1.85. The van der Waals surface area contributed by atoms with Crippen molar-refractivity contribution in [2.24, 2.45) is 0 Å². The van der Waals surface area contributed by atoms with Crippen molar-refractivity contribution < 1.29 is 14.3 Å². The number of aliphatic hydroxyl groups is 1. The van der Waals surface area contributed by atoms with E-state index in [2.05, 4.69) is 33.9 Å². The van der Waals surface area contributed by atoms with Gasteiger partial charge in [-0.3, -0.25) is 0 Å². The molecule has 16 heavy (non-hydrogen) atoms. The minimum Gasteiger partial charge on any atom is -0.496 e. The fraction of sp³-hybridized carbons (Fsp3) is 0.833. The van der Waals surface area contributed by atoms with Crippen LogP contribution in [0.2, 0.25) is 18.1 Å². The Balaban J connectivity index is 2.76. The van der Waals surface area contributed by atoms with Crippen LogP contribution in [0, 0.1) is 0 Å². The first-order valence-corrected chi connectivity index (χ1v) is 8.74. The van der Waals surface area contributed by atoms with Crippen molar-refractivity contribution in [1.29, 1.82) is 0 Å². The molecule has 4 heteroatoms. The molecule has 0 saturated carbocycles. The molecule has 0 radical (unpaired) electrons. The largest absolute Gasteiger partial charge is 0.496 e. The molecule has 0 aliphatic carbocycles. The number of rotatable bonds is 2. The van der Waals surface area contributed by atoms with E-state index < -0.39 is 14.4 Å². The zero-order valence-corrected chi connectivity index (χ0v) is 12.2. The summed E-state index contributed by atoms with van der Waals surface area (Å²) in [5.41, 5.74) is 0. The van der Waals surface area contributed by atoms with Gasteiger partial charge < -0.3 is 14.3 Å². The molecule has 1 heterocycles. The lowest BCUT2D eigenvalue weighted by molar-refractivity contribution is -0.0467. The Morgan fingerprint density at radius 3 is 2.31 bits per heavy atom. The zero-order valence-electron chi connectivity index (χ0n) is 11.2. The number of hydrogen-bond donors (Lipinski definition) is 1. The fourth-order valence-corrected chi connectivity index (χ4v) is 2.76. The lowest BCUT2D eigenvalue weighted by Gasteiger charge is -2.42. The topological polar surface area (TPSA) is 38.7 Å². The molecule has 3 nitrogen and oxygen atoms in total. The predicted octanol–water partition coefficient (Wildman–Crippen LogP) is 2.67. The third-order valence-corrected chi connectivity index (χ3v) is 8.08. The highest BCUT2D eigenvalue weighted by atomic mass is 28.4. The van der Waals surface area contributed by atoms with Gasteiger partial charge in [0.2, 0.25) is 0 Å². The summed E-state index contributed by atoms with van der Waals surface area (Å²) in [5, 5.41) is 10.0. The monoisotopic (exact) mass is 244 g/mol. The molecule has 0 fully saturated rings. The fourth-order valence-electron chi connectivity index (χ4n) is 1.40. The molecule has 0 bridgehead atoms. The summed E-state index contributed by atoms with van der Waals surface area (Å²) in [6.07, 6.45) is 2.32. The second kappa shape index (κ2) is 4.51. The summed E-state index contributed by atoms with van der Waals surface area (Å²) in [5.74, 6) is 0. The molecule has 1 N–H and O–H groups in total. The molecule has 3 atom stereocenters. The summed E-state index contributed by atoms with van der Waals surface area (Å²) in [6.45, 7) is 12.9. The summed E-state index contributed by atoms with van der Waals surface area (Å²) in [4.78, 5) is 0. The van der Waals surface area contributed by atoms with E-state index in [0.717, 1.165) is 0 Å². The lowest BCUT2D eigenvalue weighted by Crippen LogP contribution is -2.51. The van der Waals surface area contributed by atoms with Crippen molar-refractivity contribution >= 4 is 8.32 Å². The maximum atomic E-state index is 9.90. The summed E-state index contributed by atoms with van der Waals surface area (Å²) < 4.78 is 11.6. The van der Waals surface area contributed by atoms with E-state index in [-0.39, 0.29) is 17.2 Å². The Kier molecular flexibility index (Phi) is 3.87. The number of ether oxygens (including phenoxy) is 1. The molecule has 1 rings (SSSR count). The zero-order chi connectivity index (χ0) is 12.6. The Morgan fingerprint density at radius 2 is 1.88 bits per heavy atom. The summed E-state index contributed by atoms with van der Waals surface area (Å²) >= 11 is 0. The second-order valence-corrected chi connectivity index (χ2v) is 10.8. The van der Waals surface area contributed by atoms with Crippen LogP contribution in [0.15, 0.2) is 12.3 Å². The highest BCUT2D eigenvalue weighted by molar-refractivity contribution is 6.74. The average molecular weight is 244 g/mol. The van der Waals surface area contributed by atoms with Gasteiger partial charge in [0.25, 0.3) is 0 Å².